The number of aromatic nitrogens is 2. The molecule has 18 heavy (non-hydrogen) atoms. The standard InChI is InChI=1S/C10H17N5O3/c1-7-8(15(16)17)9(13-10(11-2)12-7)18-6-5-14(3)4/h5-6H2,1-4H3,(H,11,12,13). The highest BCUT2D eigenvalue weighted by atomic mass is 16.6. The fraction of sp³-hybridized carbons (Fsp3) is 0.600. The summed E-state index contributed by atoms with van der Waals surface area (Å²) in [5.74, 6) is 0.302. The fourth-order valence-electron chi connectivity index (χ4n) is 1.29. The molecule has 1 heterocycles. The molecule has 1 aromatic heterocycles. The minimum atomic E-state index is -0.528. The Bertz CT molecular complexity index is 436. The largest absolute Gasteiger partial charge is 0.471 e. The van der Waals surface area contributed by atoms with E-state index in [4.69, 9.17) is 4.74 Å². The lowest BCUT2D eigenvalue weighted by molar-refractivity contribution is -0.387. The van der Waals surface area contributed by atoms with Crippen molar-refractivity contribution in [3.63, 3.8) is 0 Å². The van der Waals surface area contributed by atoms with Gasteiger partial charge in [0.1, 0.15) is 12.3 Å². The molecular weight excluding hydrogens is 238 g/mol. The van der Waals surface area contributed by atoms with Gasteiger partial charge in [0.05, 0.1) is 4.92 Å². The summed E-state index contributed by atoms with van der Waals surface area (Å²) in [6, 6.07) is 0. The Labute approximate surface area is 105 Å². The predicted octanol–water partition coefficient (Wildman–Crippen LogP) is 0.675. The summed E-state index contributed by atoms with van der Waals surface area (Å²) in [4.78, 5) is 20.3. The van der Waals surface area contributed by atoms with E-state index < -0.39 is 4.92 Å². The lowest BCUT2D eigenvalue weighted by Gasteiger charge is -2.11. The molecule has 1 N–H and O–H groups in total. The van der Waals surface area contributed by atoms with E-state index in [2.05, 4.69) is 15.3 Å². The van der Waals surface area contributed by atoms with Crippen molar-refractivity contribution in [1.82, 2.24) is 14.9 Å². The van der Waals surface area contributed by atoms with E-state index in [0.717, 1.165) is 0 Å². The zero-order valence-electron chi connectivity index (χ0n) is 10.9. The van der Waals surface area contributed by atoms with Gasteiger partial charge < -0.3 is 15.0 Å². The number of hydrogen-bond acceptors (Lipinski definition) is 7. The van der Waals surface area contributed by atoms with Crippen molar-refractivity contribution in [2.24, 2.45) is 0 Å². The zero-order valence-corrected chi connectivity index (χ0v) is 10.9. The monoisotopic (exact) mass is 255 g/mol. The average molecular weight is 255 g/mol. The molecule has 0 fully saturated rings. The van der Waals surface area contributed by atoms with Gasteiger partial charge in [0, 0.05) is 13.6 Å². The van der Waals surface area contributed by atoms with Gasteiger partial charge in [-0.25, -0.2) is 4.98 Å². The van der Waals surface area contributed by atoms with Crippen LogP contribution < -0.4 is 10.1 Å². The molecule has 0 atom stereocenters. The van der Waals surface area contributed by atoms with Crippen molar-refractivity contribution in [1.29, 1.82) is 0 Å². The Balaban J connectivity index is 2.98. The summed E-state index contributed by atoms with van der Waals surface area (Å²) in [6.45, 7) is 2.53. The highest BCUT2D eigenvalue weighted by Crippen LogP contribution is 2.28. The molecule has 8 heteroatoms. The second kappa shape index (κ2) is 6.10. The van der Waals surface area contributed by atoms with Gasteiger partial charge >= 0.3 is 5.69 Å². The maximum Gasteiger partial charge on any atom is 0.352 e. The Morgan fingerprint density at radius 3 is 2.61 bits per heavy atom. The van der Waals surface area contributed by atoms with Crippen LogP contribution >= 0.6 is 0 Å². The summed E-state index contributed by atoms with van der Waals surface area (Å²) >= 11 is 0. The van der Waals surface area contributed by atoms with Crippen LogP contribution in [0.2, 0.25) is 0 Å². The second-order valence-electron chi connectivity index (χ2n) is 3.95. The molecule has 0 aliphatic carbocycles. The van der Waals surface area contributed by atoms with Crippen LogP contribution in [-0.4, -0.2) is 54.1 Å². The van der Waals surface area contributed by atoms with Gasteiger partial charge in [-0.05, 0) is 21.0 Å². The van der Waals surface area contributed by atoms with Crippen molar-refractivity contribution in [2.45, 2.75) is 6.92 Å². The molecule has 0 saturated carbocycles. The Hall–Kier alpha value is -1.96. The number of nitro groups is 1. The van der Waals surface area contributed by atoms with Crippen LogP contribution in [0.15, 0.2) is 0 Å². The summed E-state index contributed by atoms with van der Waals surface area (Å²) in [7, 11) is 5.42. The molecule has 8 nitrogen and oxygen atoms in total. The quantitative estimate of drug-likeness (QED) is 0.590. The summed E-state index contributed by atoms with van der Waals surface area (Å²) < 4.78 is 5.36. The third kappa shape index (κ3) is 3.52. The highest BCUT2D eigenvalue weighted by Gasteiger charge is 2.23. The number of anilines is 1. The summed E-state index contributed by atoms with van der Waals surface area (Å²) in [6.07, 6.45) is 0. The third-order valence-electron chi connectivity index (χ3n) is 2.21. The van der Waals surface area contributed by atoms with E-state index in [-0.39, 0.29) is 17.3 Å². The Kier molecular flexibility index (Phi) is 4.78. The molecular formula is C10H17N5O3. The van der Waals surface area contributed by atoms with Crippen molar-refractivity contribution in [2.75, 3.05) is 39.6 Å². The second-order valence-corrected chi connectivity index (χ2v) is 3.95. The van der Waals surface area contributed by atoms with E-state index >= 15 is 0 Å². The van der Waals surface area contributed by atoms with Gasteiger partial charge in [-0.3, -0.25) is 10.1 Å². The molecule has 0 aliphatic rings. The number of likely N-dealkylation sites (N-methyl/N-ethyl adjacent to an activating group) is 1. The maximum atomic E-state index is 11.0. The first-order chi connectivity index (χ1) is 8.45. The molecule has 0 bridgehead atoms. The number of ether oxygens (including phenoxy) is 1. The van der Waals surface area contributed by atoms with E-state index in [1.54, 1.807) is 14.0 Å². The topological polar surface area (TPSA) is 93.4 Å². The smallest absolute Gasteiger partial charge is 0.352 e. The van der Waals surface area contributed by atoms with Crippen molar-refractivity contribution < 1.29 is 9.66 Å². The van der Waals surface area contributed by atoms with Crippen LogP contribution in [0.25, 0.3) is 0 Å². The van der Waals surface area contributed by atoms with Crippen molar-refractivity contribution in [3.05, 3.63) is 15.8 Å². The highest BCUT2D eigenvalue weighted by molar-refractivity contribution is 5.48. The molecule has 0 spiro atoms. The number of aryl methyl sites for hydroxylation is 1. The number of rotatable bonds is 6. The molecule has 0 amide bonds. The van der Waals surface area contributed by atoms with Gasteiger partial charge in [-0.1, -0.05) is 0 Å². The molecule has 0 saturated heterocycles. The number of nitrogens with one attached hydrogen (secondary N) is 1. The summed E-state index contributed by atoms with van der Waals surface area (Å²) in [5, 5.41) is 13.7. The van der Waals surface area contributed by atoms with Crippen LogP contribution in [0.1, 0.15) is 5.69 Å². The molecule has 0 aromatic carbocycles. The van der Waals surface area contributed by atoms with Crippen LogP contribution in [-0.2, 0) is 0 Å². The van der Waals surface area contributed by atoms with Gasteiger partial charge in [0.25, 0.3) is 5.88 Å². The Morgan fingerprint density at radius 2 is 2.11 bits per heavy atom. The first-order valence-electron chi connectivity index (χ1n) is 5.44. The minimum absolute atomic E-state index is 0.00120. The number of nitrogens with zero attached hydrogens (tertiary/aromatic N) is 4. The molecule has 0 aliphatic heterocycles. The molecule has 100 valence electrons. The normalized spacial score (nSPS) is 10.5. The minimum Gasteiger partial charge on any atom is -0.471 e. The SMILES string of the molecule is CNc1nc(C)c([N+](=O)[O-])c(OCCN(C)C)n1. The lowest BCUT2D eigenvalue weighted by atomic mass is 10.3. The zero-order chi connectivity index (χ0) is 13.7. The molecule has 1 rings (SSSR count). The predicted molar refractivity (Wildman–Crippen MR) is 67.0 cm³/mol. The van der Waals surface area contributed by atoms with E-state index in [9.17, 15) is 10.1 Å². The van der Waals surface area contributed by atoms with Gasteiger partial charge in [0.15, 0.2) is 0 Å². The first-order valence-corrected chi connectivity index (χ1v) is 5.44. The molecule has 0 unspecified atom stereocenters. The number of hydrogen-bond donors (Lipinski definition) is 1. The van der Waals surface area contributed by atoms with E-state index in [1.807, 2.05) is 19.0 Å². The first kappa shape index (κ1) is 14.1. The lowest BCUT2D eigenvalue weighted by Crippen LogP contribution is -2.20. The maximum absolute atomic E-state index is 11.0. The fourth-order valence-corrected chi connectivity index (χ4v) is 1.29. The van der Waals surface area contributed by atoms with E-state index in [0.29, 0.717) is 19.1 Å². The third-order valence-corrected chi connectivity index (χ3v) is 2.21. The van der Waals surface area contributed by atoms with Gasteiger partial charge in [0.2, 0.25) is 5.95 Å². The van der Waals surface area contributed by atoms with Crippen LogP contribution in [0.3, 0.4) is 0 Å². The van der Waals surface area contributed by atoms with Crippen LogP contribution in [0.4, 0.5) is 11.6 Å². The van der Waals surface area contributed by atoms with E-state index in [1.165, 1.54) is 0 Å². The summed E-state index contributed by atoms with van der Waals surface area (Å²) in [5.41, 5.74) is 0.0898. The molecule has 0 radical (unpaired) electrons. The van der Waals surface area contributed by atoms with Crippen LogP contribution in [0, 0.1) is 17.0 Å². The Morgan fingerprint density at radius 1 is 1.44 bits per heavy atom. The average Bonchev–Trinajstić information content (AvgIpc) is 2.27. The van der Waals surface area contributed by atoms with Gasteiger partial charge in [-0.2, -0.15) is 4.98 Å². The van der Waals surface area contributed by atoms with Crippen molar-refractivity contribution in [3.8, 4) is 5.88 Å². The van der Waals surface area contributed by atoms with Gasteiger partial charge in [-0.15, -0.1) is 0 Å². The van der Waals surface area contributed by atoms with Crippen molar-refractivity contribution >= 4 is 11.6 Å². The van der Waals surface area contributed by atoms with Crippen LogP contribution in [0.5, 0.6) is 5.88 Å². The molecule has 1 aromatic rings.